The summed E-state index contributed by atoms with van der Waals surface area (Å²) < 4.78 is 11.9. The molecule has 180 valence electrons. The lowest BCUT2D eigenvalue weighted by Crippen LogP contribution is -2.49. The zero-order valence-electron chi connectivity index (χ0n) is 19.7. The maximum atomic E-state index is 13.0. The maximum Gasteiger partial charge on any atom is 0.277 e. The van der Waals surface area contributed by atoms with Gasteiger partial charge in [-0.15, -0.1) is 0 Å². The Morgan fingerprint density at radius 2 is 1.71 bits per heavy atom. The first-order valence-electron chi connectivity index (χ1n) is 11.2. The van der Waals surface area contributed by atoms with Crippen LogP contribution in [0.25, 0.3) is 15.5 Å². The van der Waals surface area contributed by atoms with Gasteiger partial charge in [-0.3, -0.25) is 9.59 Å². The Hall–Kier alpha value is -3.92. The first-order chi connectivity index (χ1) is 17.0. The van der Waals surface area contributed by atoms with Crippen molar-refractivity contribution < 1.29 is 14.3 Å². The summed E-state index contributed by atoms with van der Waals surface area (Å²) in [5.41, 5.74) is 2.41. The first kappa shape index (κ1) is 22.9. The Bertz CT molecular complexity index is 1460. The Morgan fingerprint density at radius 1 is 0.971 bits per heavy atom. The molecule has 0 N–H and O–H groups in total. The Balaban J connectivity index is 1.33. The van der Waals surface area contributed by atoms with Crippen LogP contribution in [0.3, 0.4) is 0 Å². The lowest BCUT2D eigenvalue weighted by atomic mass is 10.1. The number of nitrogens with zero attached hydrogens (tertiary/aromatic N) is 5. The summed E-state index contributed by atoms with van der Waals surface area (Å²) in [6.07, 6.45) is 0. The highest BCUT2D eigenvalue weighted by Gasteiger charge is 2.25. The van der Waals surface area contributed by atoms with Gasteiger partial charge in [0.05, 0.1) is 14.2 Å². The number of fused-ring (bicyclic) bond motifs is 1. The molecule has 1 aliphatic heterocycles. The van der Waals surface area contributed by atoms with Crippen molar-refractivity contribution >= 4 is 28.0 Å². The summed E-state index contributed by atoms with van der Waals surface area (Å²) in [5, 5.41) is 5.25. The number of amides is 1. The fourth-order valence-corrected chi connectivity index (χ4v) is 5.16. The molecule has 0 bridgehead atoms. The third-order valence-corrected chi connectivity index (χ3v) is 7.07. The minimum atomic E-state index is -0.218. The highest BCUT2D eigenvalue weighted by molar-refractivity contribution is 7.19. The van der Waals surface area contributed by atoms with Gasteiger partial charge in [-0.2, -0.15) is 9.61 Å². The van der Waals surface area contributed by atoms with Crippen LogP contribution in [0.4, 0.5) is 5.82 Å². The first-order valence-corrected chi connectivity index (χ1v) is 12.0. The van der Waals surface area contributed by atoms with Gasteiger partial charge >= 0.3 is 0 Å². The number of aromatic nitrogens is 3. The van der Waals surface area contributed by atoms with Gasteiger partial charge in [-0.25, -0.2) is 4.98 Å². The average molecular weight is 492 g/mol. The Labute approximate surface area is 206 Å². The molecule has 9 nitrogen and oxygen atoms in total. The molecular formula is C25H25N5O4S. The Morgan fingerprint density at radius 3 is 2.43 bits per heavy atom. The van der Waals surface area contributed by atoms with E-state index in [4.69, 9.17) is 14.5 Å². The number of carbonyl (C=O) groups is 1. The maximum absolute atomic E-state index is 13.0. The molecule has 5 rings (SSSR count). The van der Waals surface area contributed by atoms with Crippen molar-refractivity contribution in [2.75, 3.05) is 45.3 Å². The van der Waals surface area contributed by atoms with Crippen molar-refractivity contribution in [3.8, 4) is 22.1 Å². The monoisotopic (exact) mass is 491 g/mol. The van der Waals surface area contributed by atoms with Gasteiger partial charge in [0.1, 0.15) is 10.8 Å². The number of piperazine rings is 1. The third kappa shape index (κ3) is 4.32. The van der Waals surface area contributed by atoms with Crippen LogP contribution in [0.5, 0.6) is 11.5 Å². The van der Waals surface area contributed by atoms with Crippen LogP contribution in [0.1, 0.15) is 15.9 Å². The third-order valence-electron chi connectivity index (χ3n) is 6.13. The molecule has 1 aliphatic rings. The summed E-state index contributed by atoms with van der Waals surface area (Å²) >= 11 is 1.39. The molecule has 2 aromatic carbocycles. The molecule has 0 spiro atoms. The van der Waals surface area contributed by atoms with Crippen molar-refractivity contribution in [1.82, 2.24) is 19.5 Å². The second-order valence-electron chi connectivity index (χ2n) is 8.22. The van der Waals surface area contributed by atoms with Crippen molar-refractivity contribution in [1.29, 1.82) is 0 Å². The van der Waals surface area contributed by atoms with E-state index in [9.17, 15) is 9.59 Å². The summed E-state index contributed by atoms with van der Waals surface area (Å²) in [6.45, 7) is 4.21. The van der Waals surface area contributed by atoms with Crippen LogP contribution < -0.4 is 19.9 Å². The van der Waals surface area contributed by atoms with Crippen LogP contribution in [-0.2, 0) is 0 Å². The molecule has 0 radical (unpaired) electrons. The van der Waals surface area contributed by atoms with Crippen molar-refractivity contribution in [2.24, 2.45) is 0 Å². The predicted octanol–water partition coefficient (Wildman–Crippen LogP) is 3.11. The number of carbonyl (C=O) groups excluding carboxylic acids is 1. The van der Waals surface area contributed by atoms with Crippen molar-refractivity contribution in [3.63, 3.8) is 0 Å². The van der Waals surface area contributed by atoms with Crippen LogP contribution in [0.15, 0.2) is 53.3 Å². The van der Waals surface area contributed by atoms with Gasteiger partial charge in [-0.05, 0) is 30.7 Å². The molecular weight excluding hydrogens is 466 g/mol. The molecule has 0 saturated carbocycles. The van der Waals surface area contributed by atoms with Crippen molar-refractivity contribution in [3.05, 3.63) is 70.0 Å². The van der Waals surface area contributed by atoms with E-state index in [0.717, 1.165) is 16.1 Å². The highest BCUT2D eigenvalue weighted by Crippen LogP contribution is 2.29. The van der Waals surface area contributed by atoms with Crippen molar-refractivity contribution in [2.45, 2.75) is 6.92 Å². The largest absolute Gasteiger partial charge is 0.493 e. The molecule has 0 unspecified atom stereocenters. The number of ether oxygens (including phenoxy) is 2. The molecule has 1 saturated heterocycles. The number of aryl methyl sites for hydroxylation is 1. The van der Waals surface area contributed by atoms with Crippen LogP contribution in [0, 0.1) is 6.92 Å². The van der Waals surface area contributed by atoms with Gasteiger partial charge in [0.25, 0.3) is 11.5 Å². The molecule has 1 fully saturated rings. The molecule has 0 aliphatic carbocycles. The second kappa shape index (κ2) is 9.38. The minimum absolute atomic E-state index is 0.0700. The number of methoxy groups -OCH3 is 2. The number of hydrogen-bond donors (Lipinski definition) is 0. The van der Waals surface area contributed by atoms with Gasteiger partial charge in [-0.1, -0.05) is 35.6 Å². The normalized spacial score (nSPS) is 13.8. The van der Waals surface area contributed by atoms with Crippen LogP contribution >= 0.6 is 11.3 Å². The highest BCUT2D eigenvalue weighted by atomic mass is 32.1. The molecule has 1 amide bonds. The zero-order chi connectivity index (χ0) is 24.5. The van der Waals surface area contributed by atoms with E-state index >= 15 is 0 Å². The van der Waals surface area contributed by atoms with Gasteiger partial charge in [0.15, 0.2) is 11.5 Å². The van der Waals surface area contributed by atoms with Gasteiger partial charge in [0.2, 0.25) is 4.96 Å². The van der Waals surface area contributed by atoms with Gasteiger partial charge in [0, 0.05) is 43.4 Å². The van der Waals surface area contributed by atoms with Gasteiger partial charge < -0.3 is 19.3 Å². The Kier molecular flexibility index (Phi) is 6.12. The quantitative estimate of drug-likeness (QED) is 0.424. The molecule has 35 heavy (non-hydrogen) atoms. The number of rotatable bonds is 5. The standard InChI is InChI=1S/C25H25N5O4S/c1-16-6-4-5-7-18(16)23-27-30-22(31)15-21(26-25(30)35-23)28-10-12-29(13-11-28)24(32)17-8-9-19(33-2)20(14-17)34-3/h4-9,14-15H,10-13H2,1-3H3. The molecule has 0 atom stereocenters. The van der Waals surface area contributed by atoms with E-state index in [1.165, 1.54) is 21.9 Å². The summed E-state index contributed by atoms with van der Waals surface area (Å²) in [6, 6.07) is 14.6. The van der Waals surface area contributed by atoms with E-state index in [1.54, 1.807) is 37.3 Å². The fraction of sp³-hybridized carbons (Fsp3) is 0.280. The summed E-state index contributed by atoms with van der Waals surface area (Å²) in [4.78, 5) is 34.9. The van der Waals surface area contributed by atoms with E-state index in [-0.39, 0.29) is 11.5 Å². The minimum Gasteiger partial charge on any atom is -0.493 e. The molecule has 2 aromatic heterocycles. The fourth-order valence-electron chi connectivity index (χ4n) is 4.17. The van der Waals surface area contributed by atoms with E-state index in [2.05, 4.69) is 5.10 Å². The van der Waals surface area contributed by atoms with Crippen LogP contribution in [0.2, 0.25) is 0 Å². The SMILES string of the molecule is COc1ccc(C(=O)N2CCN(c3cc(=O)n4nc(-c5ccccc5C)sc4n3)CC2)cc1OC. The second-order valence-corrected chi connectivity index (χ2v) is 9.17. The topological polar surface area (TPSA) is 89.3 Å². The predicted molar refractivity (Wildman–Crippen MR) is 135 cm³/mol. The van der Waals surface area contributed by atoms with Crippen LogP contribution in [-0.4, -0.2) is 65.8 Å². The summed E-state index contributed by atoms with van der Waals surface area (Å²) in [7, 11) is 3.11. The van der Waals surface area contributed by atoms with E-state index in [1.807, 2.05) is 36.1 Å². The number of anilines is 1. The smallest absolute Gasteiger partial charge is 0.277 e. The van der Waals surface area contributed by atoms with E-state index in [0.29, 0.717) is 54.0 Å². The lowest BCUT2D eigenvalue weighted by Gasteiger charge is -2.35. The molecule has 4 aromatic rings. The zero-order valence-corrected chi connectivity index (χ0v) is 20.5. The summed E-state index contributed by atoms with van der Waals surface area (Å²) in [5.74, 6) is 1.63. The lowest BCUT2D eigenvalue weighted by molar-refractivity contribution is 0.0746. The van der Waals surface area contributed by atoms with E-state index < -0.39 is 0 Å². The molecule has 10 heteroatoms. The molecule has 3 heterocycles. The average Bonchev–Trinajstić information content (AvgIpc) is 3.33. The number of hydrogen-bond acceptors (Lipinski definition) is 8. The number of benzene rings is 2.